The van der Waals surface area contributed by atoms with Crippen LogP contribution in [0.15, 0.2) is 16.6 Å². The number of hydrogen-bond acceptors (Lipinski definition) is 1. The van der Waals surface area contributed by atoms with E-state index in [1.54, 1.807) is 0 Å². The molecule has 0 fully saturated rings. The summed E-state index contributed by atoms with van der Waals surface area (Å²) in [4.78, 5) is 0. The van der Waals surface area contributed by atoms with Crippen molar-refractivity contribution in [1.82, 2.24) is 0 Å². The van der Waals surface area contributed by atoms with Gasteiger partial charge in [-0.1, -0.05) is 31.9 Å². The average Bonchev–Trinajstić information content (AvgIpc) is 2.61. The summed E-state index contributed by atoms with van der Waals surface area (Å²) >= 11 is 6.99. The summed E-state index contributed by atoms with van der Waals surface area (Å²) in [7, 11) is 0. The first-order valence-corrected chi connectivity index (χ1v) is 6.73. The molecular formula is C11H12Br2O. The highest BCUT2D eigenvalue weighted by Crippen LogP contribution is 2.33. The van der Waals surface area contributed by atoms with E-state index in [1.807, 2.05) is 0 Å². The monoisotopic (exact) mass is 318 g/mol. The average molecular weight is 320 g/mol. The first kappa shape index (κ1) is 10.5. The minimum atomic E-state index is 0.840. The van der Waals surface area contributed by atoms with Gasteiger partial charge in [0.1, 0.15) is 5.75 Å². The number of aryl methyl sites for hydroxylation is 1. The summed E-state index contributed by atoms with van der Waals surface area (Å²) in [6.45, 7) is 0.840. The fourth-order valence-corrected chi connectivity index (χ4v) is 2.62. The number of alkyl halides is 1. The van der Waals surface area contributed by atoms with E-state index in [1.165, 1.54) is 15.6 Å². The molecular weight excluding hydrogens is 308 g/mol. The molecule has 1 aromatic carbocycles. The molecule has 3 heteroatoms. The molecule has 0 aromatic heterocycles. The maximum Gasteiger partial charge on any atom is 0.125 e. The van der Waals surface area contributed by atoms with Gasteiger partial charge >= 0.3 is 0 Å². The van der Waals surface area contributed by atoms with Gasteiger partial charge in [-0.15, -0.1) is 0 Å². The predicted molar refractivity (Wildman–Crippen MR) is 65.5 cm³/mol. The van der Waals surface area contributed by atoms with E-state index < -0.39 is 0 Å². The summed E-state index contributed by atoms with van der Waals surface area (Å²) < 4.78 is 6.82. The normalized spacial score (nSPS) is 13.9. The van der Waals surface area contributed by atoms with Gasteiger partial charge in [0.05, 0.1) is 6.61 Å². The van der Waals surface area contributed by atoms with E-state index in [0.717, 1.165) is 36.9 Å². The van der Waals surface area contributed by atoms with Gasteiger partial charge in [0, 0.05) is 16.2 Å². The molecule has 0 aliphatic carbocycles. The molecule has 0 radical (unpaired) electrons. The molecule has 1 heterocycles. The highest BCUT2D eigenvalue weighted by atomic mass is 79.9. The van der Waals surface area contributed by atoms with E-state index in [4.69, 9.17) is 4.74 Å². The molecule has 0 spiro atoms. The van der Waals surface area contributed by atoms with Crippen molar-refractivity contribution in [3.05, 3.63) is 27.7 Å². The Kier molecular flexibility index (Phi) is 3.50. The van der Waals surface area contributed by atoms with Gasteiger partial charge in [-0.25, -0.2) is 0 Å². The van der Waals surface area contributed by atoms with E-state index in [-0.39, 0.29) is 0 Å². The van der Waals surface area contributed by atoms with Crippen LogP contribution in [0, 0.1) is 0 Å². The summed E-state index contributed by atoms with van der Waals surface area (Å²) in [6.07, 6.45) is 3.30. The Labute approximate surface area is 101 Å². The molecule has 0 N–H and O–H groups in total. The lowest BCUT2D eigenvalue weighted by Crippen LogP contribution is -1.93. The third-order valence-corrected chi connectivity index (χ3v) is 3.42. The fourth-order valence-electron chi connectivity index (χ4n) is 1.79. The molecule has 2 rings (SSSR count). The van der Waals surface area contributed by atoms with Crippen LogP contribution in [0.5, 0.6) is 5.75 Å². The molecule has 0 unspecified atom stereocenters. The molecule has 14 heavy (non-hydrogen) atoms. The Morgan fingerprint density at radius 3 is 3.00 bits per heavy atom. The number of halogens is 2. The van der Waals surface area contributed by atoms with Gasteiger partial charge in [-0.3, -0.25) is 0 Å². The highest BCUT2D eigenvalue weighted by Gasteiger charge is 2.16. The zero-order chi connectivity index (χ0) is 9.97. The second-order valence-electron chi connectivity index (χ2n) is 3.44. The van der Waals surface area contributed by atoms with Crippen LogP contribution < -0.4 is 4.74 Å². The Morgan fingerprint density at radius 1 is 1.36 bits per heavy atom. The van der Waals surface area contributed by atoms with Gasteiger partial charge in [-0.2, -0.15) is 0 Å². The van der Waals surface area contributed by atoms with Crippen molar-refractivity contribution in [2.24, 2.45) is 0 Å². The molecule has 1 aromatic rings. The second-order valence-corrected chi connectivity index (χ2v) is 5.15. The van der Waals surface area contributed by atoms with E-state index in [0.29, 0.717) is 0 Å². The van der Waals surface area contributed by atoms with Gasteiger partial charge in [0.15, 0.2) is 0 Å². The summed E-state index contributed by atoms with van der Waals surface area (Å²) in [5.41, 5.74) is 2.69. The maximum absolute atomic E-state index is 5.65. The zero-order valence-corrected chi connectivity index (χ0v) is 11.0. The molecule has 1 aliphatic heterocycles. The Morgan fingerprint density at radius 2 is 2.21 bits per heavy atom. The number of hydrogen-bond donors (Lipinski definition) is 0. The van der Waals surface area contributed by atoms with Crippen LogP contribution >= 0.6 is 31.9 Å². The van der Waals surface area contributed by atoms with Crippen molar-refractivity contribution in [2.45, 2.75) is 19.3 Å². The minimum Gasteiger partial charge on any atom is -0.493 e. The van der Waals surface area contributed by atoms with Gasteiger partial charge < -0.3 is 4.74 Å². The van der Waals surface area contributed by atoms with Crippen molar-refractivity contribution >= 4 is 31.9 Å². The standard InChI is InChI=1S/C11H12Br2O/c12-4-1-2-8-6-10(13)7-9-3-5-14-11(8)9/h6-7H,1-5H2. The lowest BCUT2D eigenvalue weighted by molar-refractivity contribution is 0.353. The Hall–Kier alpha value is -0.0200. The topological polar surface area (TPSA) is 9.23 Å². The number of fused-ring (bicyclic) bond motifs is 1. The minimum absolute atomic E-state index is 0.840. The van der Waals surface area contributed by atoms with Gasteiger partial charge in [-0.05, 0) is 36.1 Å². The molecule has 0 atom stereocenters. The largest absolute Gasteiger partial charge is 0.493 e. The molecule has 1 nitrogen and oxygen atoms in total. The van der Waals surface area contributed by atoms with Crippen molar-refractivity contribution < 1.29 is 4.74 Å². The quantitative estimate of drug-likeness (QED) is 0.772. The van der Waals surface area contributed by atoms with Crippen molar-refractivity contribution in [1.29, 1.82) is 0 Å². The molecule has 0 saturated carbocycles. The van der Waals surface area contributed by atoms with Crippen LogP contribution in [0.2, 0.25) is 0 Å². The van der Waals surface area contributed by atoms with Crippen LogP contribution in [0.1, 0.15) is 17.5 Å². The second kappa shape index (κ2) is 4.67. The number of rotatable bonds is 3. The summed E-state index contributed by atoms with van der Waals surface area (Å²) in [5, 5.41) is 1.05. The molecule has 0 saturated heterocycles. The highest BCUT2D eigenvalue weighted by molar-refractivity contribution is 9.10. The maximum atomic E-state index is 5.65. The SMILES string of the molecule is BrCCCc1cc(Br)cc2c1OCC2. The van der Waals surface area contributed by atoms with Crippen molar-refractivity contribution in [3.8, 4) is 5.75 Å². The molecule has 76 valence electrons. The zero-order valence-electron chi connectivity index (χ0n) is 7.85. The first-order chi connectivity index (χ1) is 6.81. The molecule has 0 bridgehead atoms. The van der Waals surface area contributed by atoms with Crippen LogP contribution in [-0.2, 0) is 12.8 Å². The number of ether oxygens (including phenoxy) is 1. The predicted octanol–water partition coefficient (Wildman–Crippen LogP) is 3.71. The smallest absolute Gasteiger partial charge is 0.125 e. The van der Waals surface area contributed by atoms with Gasteiger partial charge in [0.2, 0.25) is 0 Å². The molecule has 0 amide bonds. The van der Waals surface area contributed by atoms with Crippen LogP contribution in [-0.4, -0.2) is 11.9 Å². The van der Waals surface area contributed by atoms with Crippen LogP contribution in [0.3, 0.4) is 0 Å². The van der Waals surface area contributed by atoms with E-state index in [9.17, 15) is 0 Å². The fraction of sp³-hybridized carbons (Fsp3) is 0.455. The first-order valence-electron chi connectivity index (χ1n) is 4.81. The Bertz CT molecular complexity index is 336. The third kappa shape index (κ3) is 2.14. The van der Waals surface area contributed by atoms with Crippen LogP contribution in [0.25, 0.3) is 0 Å². The van der Waals surface area contributed by atoms with Gasteiger partial charge in [0.25, 0.3) is 0 Å². The van der Waals surface area contributed by atoms with E-state index >= 15 is 0 Å². The lowest BCUT2D eigenvalue weighted by Gasteiger charge is -2.07. The summed E-state index contributed by atoms with van der Waals surface area (Å²) in [6, 6.07) is 4.34. The lowest BCUT2D eigenvalue weighted by atomic mass is 10.0. The van der Waals surface area contributed by atoms with E-state index in [2.05, 4.69) is 44.0 Å². The third-order valence-electron chi connectivity index (χ3n) is 2.41. The van der Waals surface area contributed by atoms with Crippen molar-refractivity contribution in [2.75, 3.05) is 11.9 Å². The summed E-state index contributed by atoms with van der Waals surface area (Å²) in [5.74, 6) is 1.13. The number of benzene rings is 1. The van der Waals surface area contributed by atoms with Crippen molar-refractivity contribution in [3.63, 3.8) is 0 Å². The Balaban J connectivity index is 2.29. The molecule has 1 aliphatic rings. The van der Waals surface area contributed by atoms with Crippen LogP contribution in [0.4, 0.5) is 0 Å².